The van der Waals surface area contributed by atoms with E-state index in [2.05, 4.69) is 97.9 Å². The molecule has 2 N–H and O–H groups in total. The average Bonchev–Trinajstić information content (AvgIpc) is 3.10. The van der Waals surface area contributed by atoms with Crippen molar-refractivity contribution in [3.05, 3.63) is 119 Å². The van der Waals surface area contributed by atoms with E-state index in [0.29, 0.717) is 12.8 Å². The SMILES string of the molecule is CC(C=CC(=O)C1(C)CC(O)CC1(C)C)=CC=CC(C)=C/C=C/C=C(C)/C=C/C=C(C)/C=C/C1=C(C)CC(O)CC1(C)C. The molecule has 0 amide bonds. The number of carbonyl (C=O) groups is 1. The van der Waals surface area contributed by atoms with Crippen LogP contribution in [0.4, 0.5) is 0 Å². The molecule has 3 heteroatoms. The topological polar surface area (TPSA) is 57.5 Å². The van der Waals surface area contributed by atoms with Crippen LogP contribution in [-0.4, -0.2) is 28.2 Å². The highest BCUT2D eigenvalue weighted by Crippen LogP contribution is 2.53. The number of rotatable bonds is 11. The Balaban J connectivity index is 1.89. The van der Waals surface area contributed by atoms with Gasteiger partial charge < -0.3 is 10.2 Å². The summed E-state index contributed by atoms with van der Waals surface area (Å²) in [6.45, 7) is 20.9. The molecule has 1 saturated carbocycles. The summed E-state index contributed by atoms with van der Waals surface area (Å²) in [6.07, 6.45) is 30.6. The van der Waals surface area contributed by atoms with Gasteiger partial charge in [0.2, 0.25) is 0 Å². The molecule has 0 heterocycles. The Bertz CT molecular complexity index is 1310. The molecule has 3 nitrogen and oxygen atoms in total. The smallest absolute Gasteiger partial charge is 0.162 e. The number of hydrogen-bond donors (Lipinski definition) is 2. The van der Waals surface area contributed by atoms with E-state index in [1.54, 1.807) is 6.08 Å². The van der Waals surface area contributed by atoms with Crippen molar-refractivity contribution in [2.45, 2.75) is 107 Å². The third-order valence-electron chi connectivity index (χ3n) is 9.18. The van der Waals surface area contributed by atoms with E-state index in [-0.39, 0.29) is 22.7 Å². The highest BCUT2D eigenvalue weighted by molar-refractivity contribution is 5.95. The number of carbonyl (C=O) groups excluding carboxylic acids is 1. The molecule has 0 aromatic rings. The molecule has 0 aliphatic heterocycles. The van der Waals surface area contributed by atoms with Gasteiger partial charge in [0.15, 0.2) is 5.78 Å². The van der Waals surface area contributed by atoms with Crippen molar-refractivity contribution < 1.29 is 15.0 Å². The fourth-order valence-electron chi connectivity index (χ4n) is 6.19. The highest BCUT2D eigenvalue weighted by Gasteiger charge is 2.52. The molecule has 3 atom stereocenters. The zero-order chi connectivity index (χ0) is 32.4. The minimum Gasteiger partial charge on any atom is -0.393 e. The van der Waals surface area contributed by atoms with E-state index in [1.165, 1.54) is 16.7 Å². The fraction of sp³-hybridized carbons (Fsp3) is 0.475. The summed E-state index contributed by atoms with van der Waals surface area (Å²) in [5.74, 6) is 0.0853. The van der Waals surface area contributed by atoms with Gasteiger partial charge in [-0.15, -0.1) is 0 Å². The molecule has 3 unspecified atom stereocenters. The molecule has 0 aromatic carbocycles. The van der Waals surface area contributed by atoms with E-state index in [9.17, 15) is 15.0 Å². The predicted molar refractivity (Wildman–Crippen MR) is 185 cm³/mol. The first-order valence-corrected chi connectivity index (χ1v) is 15.7. The molecule has 2 rings (SSSR count). The van der Waals surface area contributed by atoms with E-state index in [1.807, 2.05) is 50.3 Å². The lowest BCUT2D eigenvalue weighted by molar-refractivity contribution is -0.127. The average molecular weight is 585 g/mol. The third kappa shape index (κ3) is 10.9. The van der Waals surface area contributed by atoms with E-state index in [4.69, 9.17) is 0 Å². The third-order valence-corrected chi connectivity index (χ3v) is 9.18. The molecule has 43 heavy (non-hydrogen) atoms. The van der Waals surface area contributed by atoms with Gasteiger partial charge >= 0.3 is 0 Å². The van der Waals surface area contributed by atoms with E-state index < -0.39 is 11.5 Å². The Kier molecular flexibility index (Phi) is 13.2. The van der Waals surface area contributed by atoms with Crippen LogP contribution >= 0.6 is 0 Å². The van der Waals surface area contributed by atoms with Crippen LogP contribution in [-0.2, 0) is 4.79 Å². The van der Waals surface area contributed by atoms with Crippen molar-refractivity contribution in [2.24, 2.45) is 16.2 Å². The molecule has 234 valence electrons. The minimum absolute atomic E-state index is 0.00528. The summed E-state index contributed by atoms with van der Waals surface area (Å²) >= 11 is 0. The van der Waals surface area contributed by atoms with Gasteiger partial charge in [-0.25, -0.2) is 0 Å². The number of hydrogen-bond acceptors (Lipinski definition) is 3. The molecule has 2 aliphatic rings. The van der Waals surface area contributed by atoms with E-state index in [0.717, 1.165) is 29.6 Å². The van der Waals surface area contributed by atoms with Crippen LogP contribution in [0.3, 0.4) is 0 Å². The van der Waals surface area contributed by atoms with Crippen LogP contribution in [0.15, 0.2) is 119 Å². The fourth-order valence-corrected chi connectivity index (χ4v) is 6.19. The van der Waals surface area contributed by atoms with Gasteiger partial charge in [-0.2, -0.15) is 0 Å². The summed E-state index contributed by atoms with van der Waals surface area (Å²) in [4.78, 5) is 12.9. The highest BCUT2D eigenvalue weighted by atomic mass is 16.3. The van der Waals surface area contributed by atoms with Crippen LogP contribution in [0.25, 0.3) is 0 Å². The second-order valence-electron chi connectivity index (χ2n) is 14.2. The Morgan fingerprint density at radius 2 is 1.14 bits per heavy atom. The maximum atomic E-state index is 12.9. The monoisotopic (exact) mass is 584 g/mol. The molecule has 0 spiro atoms. The first-order chi connectivity index (χ1) is 20.0. The molecule has 0 saturated heterocycles. The van der Waals surface area contributed by atoms with Crippen molar-refractivity contribution in [3.63, 3.8) is 0 Å². The molecule has 0 aromatic heterocycles. The number of aliphatic hydroxyl groups is 2. The molecular formula is C40H56O3. The molecule has 1 fully saturated rings. The standard InChI is InChI=1S/C40H56O3/c1-29(17-13-19-31(3)21-23-36-33(5)25-34(41)26-38(36,6)7)15-11-12-16-30(2)18-14-20-32(4)22-24-37(43)40(10)28-35(42)27-39(40,8)9/h11-24,34-35,41-42H,25-28H2,1-10H3/b12-11+,17-13+,18-14?,23-21+,24-22?,29-15+,30-16?,31-19+,32-20?. The van der Waals surface area contributed by atoms with Crippen molar-refractivity contribution >= 4 is 5.78 Å². The van der Waals surface area contributed by atoms with Crippen LogP contribution in [0.5, 0.6) is 0 Å². The van der Waals surface area contributed by atoms with Crippen LogP contribution in [0.2, 0.25) is 0 Å². The zero-order valence-electron chi connectivity index (χ0n) is 28.4. The van der Waals surface area contributed by atoms with Gasteiger partial charge in [0.1, 0.15) is 0 Å². The lowest BCUT2D eigenvalue weighted by Gasteiger charge is -2.35. The van der Waals surface area contributed by atoms with Crippen molar-refractivity contribution in [2.75, 3.05) is 0 Å². The number of allylic oxidation sites excluding steroid dienone is 19. The summed E-state index contributed by atoms with van der Waals surface area (Å²) in [5, 5.41) is 20.2. The quantitative estimate of drug-likeness (QED) is 0.188. The van der Waals surface area contributed by atoms with Gasteiger partial charge in [0, 0.05) is 5.41 Å². The molecule has 2 aliphatic carbocycles. The first-order valence-electron chi connectivity index (χ1n) is 15.7. The normalized spacial score (nSPS) is 27.7. The van der Waals surface area contributed by atoms with Gasteiger partial charge in [0.25, 0.3) is 0 Å². The predicted octanol–water partition coefficient (Wildman–Crippen LogP) is 9.81. The van der Waals surface area contributed by atoms with Gasteiger partial charge in [-0.3, -0.25) is 4.79 Å². The molecule has 0 radical (unpaired) electrons. The molecule has 0 bridgehead atoms. The lowest BCUT2D eigenvalue weighted by atomic mass is 9.66. The lowest BCUT2D eigenvalue weighted by Crippen LogP contribution is -2.36. The van der Waals surface area contributed by atoms with Crippen molar-refractivity contribution in [3.8, 4) is 0 Å². The summed E-state index contributed by atoms with van der Waals surface area (Å²) < 4.78 is 0. The maximum Gasteiger partial charge on any atom is 0.162 e. The molecular weight excluding hydrogens is 528 g/mol. The second-order valence-corrected chi connectivity index (χ2v) is 14.2. The Morgan fingerprint density at radius 3 is 1.63 bits per heavy atom. The Labute approximate surface area is 262 Å². The van der Waals surface area contributed by atoms with Gasteiger partial charge in [-0.1, -0.05) is 141 Å². The van der Waals surface area contributed by atoms with Gasteiger partial charge in [-0.05, 0) is 82.8 Å². The zero-order valence-corrected chi connectivity index (χ0v) is 28.4. The van der Waals surface area contributed by atoms with Gasteiger partial charge in [0.05, 0.1) is 12.2 Å². The number of ketones is 1. The Hall–Kier alpha value is -3.01. The summed E-state index contributed by atoms with van der Waals surface area (Å²) in [6, 6.07) is 0. The van der Waals surface area contributed by atoms with Crippen molar-refractivity contribution in [1.29, 1.82) is 0 Å². The second kappa shape index (κ2) is 15.6. The largest absolute Gasteiger partial charge is 0.393 e. The summed E-state index contributed by atoms with van der Waals surface area (Å²) in [5.41, 5.74) is 6.34. The summed E-state index contributed by atoms with van der Waals surface area (Å²) in [7, 11) is 0. The number of aliphatic hydroxyl groups excluding tert-OH is 2. The Morgan fingerprint density at radius 1 is 0.651 bits per heavy atom. The van der Waals surface area contributed by atoms with E-state index >= 15 is 0 Å². The van der Waals surface area contributed by atoms with Crippen molar-refractivity contribution in [1.82, 2.24) is 0 Å². The van der Waals surface area contributed by atoms with Crippen LogP contribution in [0, 0.1) is 16.2 Å². The van der Waals surface area contributed by atoms with Crippen LogP contribution < -0.4 is 0 Å². The maximum absolute atomic E-state index is 12.9. The van der Waals surface area contributed by atoms with Crippen LogP contribution in [0.1, 0.15) is 94.9 Å². The minimum atomic E-state index is -0.532. The first kappa shape index (κ1) is 36.2.